The van der Waals surface area contributed by atoms with Gasteiger partial charge in [-0.15, -0.1) is 0 Å². The third-order valence-corrected chi connectivity index (χ3v) is 5.08. The van der Waals surface area contributed by atoms with E-state index in [1.54, 1.807) is 36.4 Å². The highest BCUT2D eigenvalue weighted by molar-refractivity contribution is 6.05. The predicted octanol–water partition coefficient (Wildman–Crippen LogP) is 3.68. The van der Waals surface area contributed by atoms with Gasteiger partial charge in [0.15, 0.2) is 5.69 Å². The van der Waals surface area contributed by atoms with E-state index >= 15 is 0 Å². The molecule has 0 saturated heterocycles. The van der Waals surface area contributed by atoms with Crippen LogP contribution in [0.5, 0.6) is 0 Å². The van der Waals surface area contributed by atoms with Gasteiger partial charge in [0.25, 0.3) is 11.5 Å². The summed E-state index contributed by atoms with van der Waals surface area (Å²) in [6.45, 7) is 2.20. The van der Waals surface area contributed by atoms with Crippen molar-refractivity contribution in [3.8, 4) is 5.69 Å². The van der Waals surface area contributed by atoms with Crippen molar-refractivity contribution < 1.29 is 4.79 Å². The maximum atomic E-state index is 12.9. The summed E-state index contributed by atoms with van der Waals surface area (Å²) < 4.78 is 1.27. The van der Waals surface area contributed by atoms with Crippen molar-refractivity contribution in [3.63, 3.8) is 0 Å². The zero-order valence-corrected chi connectivity index (χ0v) is 15.8. The van der Waals surface area contributed by atoms with E-state index in [4.69, 9.17) is 0 Å². The molecule has 6 nitrogen and oxygen atoms in total. The standard InChI is InChI=1S/C22H22N4O2/c1-15-8-7-9-16(14-15)23-24-21(27)20-18-12-5-6-13-19(18)22(28)26(25-20)17-10-3-2-4-11-17/h2-6,10-13,15H,7-9,14H2,1H3,(H,24,27)/b23-16-/t15-/m0/s1. The number of amides is 1. The van der Waals surface area contributed by atoms with Crippen molar-refractivity contribution in [2.75, 3.05) is 0 Å². The lowest BCUT2D eigenvalue weighted by atomic mass is 9.89. The SMILES string of the molecule is C[C@H]1CCC/C(=N/NC(=O)c2nn(-c3ccccc3)c(=O)c3ccccc23)C1. The number of nitrogens with one attached hydrogen (secondary N) is 1. The fourth-order valence-corrected chi connectivity index (χ4v) is 3.65. The summed E-state index contributed by atoms with van der Waals surface area (Å²) in [6, 6.07) is 16.1. The zero-order chi connectivity index (χ0) is 19.5. The van der Waals surface area contributed by atoms with E-state index in [0.29, 0.717) is 22.4 Å². The van der Waals surface area contributed by atoms with Crippen molar-refractivity contribution in [1.29, 1.82) is 0 Å². The fourth-order valence-electron chi connectivity index (χ4n) is 3.65. The number of carbonyl (C=O) groups is 1. The first kappa shape index (κ1) is 18.1. The number of rotatable bonds is 3. The van der Waals surface area contributed by atoms with Gasteiger partial charge in [0.2, 0.25) is 0 Å². The van der Waals surface area contributed by atoms with E-state index < -0.39 is 5.91 Å². The van der Waals surface area contributed by atoms with Crippen molar-refractivity contribution in [2.45, 2.75) is 32.6 Å². The van der Waals surface area contributed by atoms with Gasteiger partial charge >= 0.3 is 0 Å². The van der Waals surface area contributed by atoms with Gasteiger partial charge in [0, 0.05) is 11.1 Å². The van der Waals surface area contributed by atoms with E-state index in [0.717, 1.165) is 25.0 Å². The van der Waals surface area contributed by atoms with Crippen LogP contribution in [-0.4, -0.2) is 21.4 Å². The molecular formula is C22H22N4O2. The molecule has 1 N–H and O–H groups in total. The molecule has 1 heterocycles. The number of hydrogen-bond acceptors (Lipinski definition) is 4. The van der Waals surface area contributed by atoms with E-state index in [-0.39, 0.29) is 11.3 Å². The highest BCUT2D eigenvalue weighted by Gasteiger charge is 2.18. The van der Waals surface area contributed by atoms with Gasteiger partial charge in [-0.2, -0.15) is 14.9 Å². The van der Waals surface area contributed by atoms with Crippen molar-refractivity contribution in [1.82, 2.24) is 15.2 Å². The molecule has 1 aliphatic rings. The Morgan fingerprint density at radius 1 is 1.11 bits per heavy atom. The zero-order valence-electron chi connectivity index (χ0n) is 15.8. The molecule has 0 aliphatic heterocycles. The summed E-state index contributed by atoms with van der Waals surface area (Å²) in [4.78, 5) is 25.8. The molecule has 2 aromatic carbocycles. The Morgan fingerprint density at radius 3 is 2.57 bits per heavy atom. The van der Waals surface area contributed by atoms with Gasteiger partial charge in [-0.3, -0.25) is 9.59 Å². The number of nitrogens with zero attached hydrogens (tertiary/aromatic N) is 3. The van der Waals surface area contributed by atoms with Crippen LogP contribution >= 0.6 is 0 Å². The third kappa shape index (κ3) is 3.58. The number of benzene rings is 2. The minimum Gasteiger partial charge on any atom is -0.267 e. The molecule has 0 radical (unpaired) electrons. The van der Waals surface area contributed by atoms with Crippen LogP contribution in [-0.2, 0) is 0 Å². The summed E-state index contributed by atoms with van der Waals surface area (Å²) in [5.74, 6) is 0.176. The molecule has 0 unspecified atom stereocenters. The minimum atomic E-state index is -0.411. The summed E-state index contributed by atoms with van der Waals surface area (Å²) in [5, 5.41) is 9.68. The Balaban J connectivity index is 1.75. The normalized spacial score (nSPS) is 18.3. The number of fused-ring (bicyclic) bond motifs is 1. The maximum Gasteiger partial charge on any atom is 0.292 e. The van der Waals surface area contributed by atoms with Crippen LogP contribution in [0.1, 0.15) is 43.1 Å². The van der Waals surface area contributed by atoms with Crippen LogP contribution in [0.25, 0.3) is 16.5 Å². The molecular weight excluding hydrogens is 352 g/mol. The molecule has 1 atom stereocenters. The topological polar surface area (TPSA) is 76.3 Å². The molecule has 1 saturated carbocycles. The first-order valence-corrected chi connectivity index (χ1v) is 9.57. The molecule has 3 aromatic rings. The molecule has 6 heteroatoms. The molecule has 1 fully saturated rings. The minimum absolute atomic E-state index is 0.187. The monoisotopic (exact) mass is 374 g/mol. The molecule has 0 spiro atoms. The quantitative estimate of drug-likeness (QED) is 0.711. The average molecular weight is 374 g/mol. The van der Waals surface area contributed by atoms with Crippen LogP contribution in [0.3, 0.4) is 0 Å². The number of carbonyl (C=O) groups excluding carboxylic acids is 1. The van der Waals surface area contributed by atoms with Crippen molar-refractivity contribution >= 4 is 22.4 Å². The first-order valence-electron chi connectivity index (χ1n) is 9.57. The van der Waals surface area contributed by atoms with E-state index in [9.17, 15) is 9.59 Å². The average Bonchev–Trinajstić information content (AvgIpc) is 2.73. The Bertz CT molecular complexity index is 1100. The predicted molar refractivity (Wildman–Crippen MR) is 110 cm³/mol. The summed E-state index contributed by atoms with van der Waals surface area (Å²) in [7, 11) is 0. The second-order valence-corrected chi connectivity index (χ2v) is 7.27. The van der Waals surface area contributed by atoms with Gasteiger partial charge < -0.3 is 0 Å². The van der Waals surface area contributed by atoms with Gasteiger partial charge in [-0.1, -0.05) is 43.3 Å². The Morgan fingerprint density at radius 2 is 1.82 bits per heavy atom. The number of aromatic nitrogens is 2. The van der Waals surface area contributed by atoms with Crippen LogP contribution in [0, 0.1) is 5.92 Å². The summed E-state index contributed by atoms with van der Waals surface area (Å²) in [5.41, 5.74) is 4.20. The Hall–Kier alpha value is -3.28. The highest BCUT2D eigenvalue weighted by atomic mass is 16.2. The molecule has 28 heavy (non-hydrogen) atoms. The molecule has 1 amide bonds. The van der Waals surface area contributed by atoms with Crippen molar-refractivity contribution in [3.05, 3.63) is 70.6 Å². The van der Waals surface area contributed by atoms with E-state index in [1.807, 2.05) is 18.2 Å². The van der Waals surface area contributed by atoms with Gasteiger partial charge in [0.1, 0.15) is 0 Å². The molecule has 142 valence electrons. The summed E-state index contributed by atoms with van der Waals surface area (Å²) in [6.07, 6.45) is 4.09. The lowest BCUT2D eigenvalue weighted by Crippen LogP contribution is -2.29. The number of hydrazone groups is 1. The van der Waals surface area contributed by atoms with Gasteiger partial charge in [-0.25, -0.2) is 5.43 Å². The Kier molecular flexibility index (Phi) is 5.02. The maximum absolute atomic E-state index is 12.9. The van der Waals surface area contributed by atoms with Gasteiger partial charge in [-0.05, 0) is 49.8 Å². The van der Waals surface area contributed by atoms with Crippen LogP contribution in [0.15, 0.2) is 64.5 Å². The largest absolute Gasteiger partial charge is 0.292 e. The van der Waals surface area contributed by atoms with Crippen LogP contribution in [0.2, 0.25) is 0 Å². The number of hydrogen-bond donors (Lipinski definition) is 1. The molecule has 4 rings (SSSR count). The second kappa shape index (κ2) is 7.76. The highest BCUT2D eigenvalue weighted by Crippen LogP contribution is 2.21. The fraction of sp³-hybridized carbons (Fsp3) is 0.273. The van der Waals surface area contributed by atoms with Crippen LogP contribution < -0.4 is 11.0 Å². The molecule has 0 bridgehead atoms. The Labute approximate surface area is 162 Å². The third-order valence-electron chi connectivity index (χ3n) is 5.08. The van der Waals surface area contributed by atoms with Crippen molar-refractivity contribution in [2.24, 2.45) is 11.0 Å². The first-order chi connectivity index (χ1) is 13.6. The van der Waals surface area contributed by atoms with E-state index in [1.165, 1.54) is 11.1 Å². The van der Waals surface area contributed by atoms with Gasteiger partial charge in [0.05, 0.1) is 11.1 Å². The van der Waals surface area contributed by atoms with Crippen LogP contribution in [0.4, 0.5) is 0 Å². The molecule has 1 aromatic heterocycles. The lowest BCUT2D eigenvalue weighted by Gasteiger charge is -2.19. The smallest absolute Gasteiger partial charge is 0.267 e. The second-order valence-electron chi connectivity index (χ2n) is 7.27. The number of para-hydroxylation sites is 1. The van der Waals surface area contributed by atoms with E-state index in [2.05, 4.69) is 22.5 Å². The molecule has 1 aliphatic carbocycles. The lowest BCUT2D eigenvalue weighted by molar-refractivity contribution is 0.0949. The summed E-state index contributed by atoms with van der Waals surface area (Å²) >= 11 is 0.